The van der Waals surface area contributed by atoms with Crippen LogP contribution in [0, 0.1) is 0 Å². The number of nitrogens with one attached hydrogen (secondary N) is 1. The zero-order valence-corrected chi connectivity index (χ0v) is 13.1. The van der Waals surface area contributed by atoms with Crippen LogP contribution in [-0.2, 0) is 9.53 Å². The van der Waals surface area contributed by atoms with Gasteiger partial charge in [-0.3, -0.25) is 4.79 Å². The Bertz CT molecular complexity index is 503. The monoisotopic (exact) mass is 343 g/mol. The SMILES string of the molecule is CC(=O)N[C@H]1C(O)O[C@H](CO)[C@@H](O)[C@@H]1O.OB(O)c1ccccc1. The molecule has 1 saturated heterocycles. The summed E-state index contributed by atoms with van der Waals surface area (Å²) in [6.45, 7) is 0.687. The third kappa shape index (κ3) is 5.84. The highest BCUT2D eigenvalue weighted by Gasteiger charge is 2.43. The van der Waals surface area contributed by atoms with Crippen molar-refractivity contribution in [2.24, 2.45) is 0 Å². The molecule has 5 atom stereocenters. The fourth-order valence-corrected chi connectivity index (χ4v) is 2.11. The Balaban J connectivity index is 0.000000272. The average molecular weight is 343 g/mol. The molecule has 1 heterocycles. The molecule has 1 aromatic carbocycles. The molecule has 24 heavy (non-hydrogen) atoms. The van der Waals surface area contributed by atoms with Crippen molar-refractivity contribution >= 4 is 18.5 Å². The van der Waals surface area contributed by atoms with Crippen LogP contribution in [0.1, 0.15) is 6.92 Å². The molecule has 1 unspecified atom stereocenters. The van der Waals surface area contributed by atoms with Crippen molar-refractivity contribution in [3.05, 3.63) is 30.3 Å². The molecule has 0 aliphatic carbocycles. The van der Waals surface area contributed by atoms with Crippen molar-refractivity contribution in [1.82, 2.24) is 5.32 Å². The highest BCUT2D eigenvalue weighted by atomic mass is 16.6. The van der Waals surface area contributed by atoms with E-state index in [4.69, 9.17) is 19.9 Å². The van der Waals surface area contributed by atoms with Crippen molar-refractivity contribution in [1.29, 1.82) is 0 Å². The number of carbonyl (C=O) groups is 1. The number of carbonyl (C=O) groups excluding carboxylic acids is 1. The highest BCUT2D eigenvalue weighted by Crippen LogP contribution is 2.19. The molecule has 0 saturated carbocycles. The number of rotatable bonds is 3. The lowest BCUT2D eigenvalue weighted by Crippen LogP contribution is -2.63. The number of ether oxygens (including phenoxy) is 1. The molecule has 9 nitrogen and oxygen atoms in total. The van der Waals surface area contributed by atoms with Crippen molar-refractivity contribution in [3.63, 3.8) is 0 Å². The first kappa shape index (κ1) is 20.5. The van der Waals surface area contributed by atoms with Gasteiger partial charge >= 0.3 is 7.12 Å². The van der Waals surface area contributed by atoms with Crippen LogP contribution >= 0.6 is 0 Å². The second-order valence-corrected chi connectivity index (χ2v) is 5.24. The molecule has 1 aromatic rings. The van der Waals surface area contributed by atoms with Gasteiger partial charge in [-0.2, -0.15) is 0 Å². The van der Waals surface area contributed by atoms with Crippen LogP contribution in [-0.4, -0.2) is 80.8 Å². The second kappa shape index (κ2) is 9.69. The minimum atomic E-state index is -1.45. The molecule has 0 spiro atoms. The van der Waals surface area contributed by atoms with Crippen LogP contribution in [0.5, 0.6) is 0 Å². The van der Waals surface area contributed by atoms with Crippen LogP contribution in [0.4, 0.5) is 0 Å². The molecule has 1 aliphatic rings. The van der Waals surface area contributed by atoms with Gasteiger partial charge in [0, 0.05) is 6.92 Å². The van der Waals surface area contributed by atoms with E-state index in [0.717, 1.165) is 0 Å². The Morgan fingerprint density at radius 3 is 2.17 bits per heavy atom. The van der Waals surface area contributed by atoms with Gasteiger partial charge in [-0.1, -0.05) is 30.3 Å². The first-order valence-corrected chi connectivity index (χ1v) is 7.26. The van der Waals surface area contributed by atoms with E-state index in [1.807, 2.05) is 6.07 Å². The predicted octanol–water partition coefficient (Wildman–Crippen LogP) is -3.71. The van der Waals surface area contributed by atoms with Crippen LogP contribution in [0.25, 0.3) is 0 Å². The maximum Gasteiger partial charge on any atom is 0.488 e. The van der Waals surface area contributed by atoms with Crippen LogP contribution < -0.4 is 10.8 Å². The quantitative estimate of drug-likeness (QED) is 0.276. The number of hydrogen-bond acceptors (Lipinski definition) is 8. The van der Waals surface area contributed by atoms with E-state index in [-0.39, 0.29) is 0 Å². The van der Waals surface area contributed by atoms with Crippen molar-refractivity contribution < 1.29 is 40.0 Å². The molecule has 2 rings (SSSR count). The maximum atomic E-state index is 10.7. The van der Waals surface area contributed by atoms with E-state index < -0.39 is 50.3 Å². The van der Waals surface area contributed by atoms with Crippen LogP contribution in [0.15, 0.2) is 30.3 Å². The van der Waals surface area contributed by atoms with E-state index in [1.165, 1.54) is 6.92 Å². The summed E-state index contributed by atoms with van der Waals surface area (Å²) in [5.74, 6) is -0.462. The number of aliphatic hydroxyl groups is 4. The molecule has 1 amide bonds. The number of hydrogen-bond donors (Lipinski definition) is 7. The standard InChI is InChI=1S/C8H15NO6.C6H7BO2/c1-3(11)9-5-7(13)6(12)4(2-10)15-8(5)14;8-7(9)6-4-2-1-3-5-6/h4-8,10,12-14H,2H2,1H3,(H,9,11);1-5,8-9H/t4-,5-,6-,7-,8?;/m1./s1. The molecular weight excluding hydrogens is 321 g/mol. The average Bonchev–Trinajstić information content (AvgIpc) is 2.56. The van der Waals surface area contributed by atoms with Gasteiger partial charge in [-0.25, -0.2) is 0 Å². The molecule has 7 N–H and O–H groups in total. The van der Waals surface area contributed by atoms with E-state index in [9.17, 15) is 20.1 Å². The van der Waals surface area contributed by atoms with Gasteiger partial charge in [0.1, 0.15) is 24.4 Å². The first-order valence-electron chi connectivity index (χ1n) is 7.26. The molecule has 0 radical (unpaired) electrons. The molecular formula is C14H22BNO8. The summed E-state index contributed by atoms with van der Waals surface area (Å²) < 4.78 is 4.81. The van der Waals surface area contributed by atoms with Gasteiger partial charge in [0.05, 0.1) is 6.61 Å². The summed E-state index contributed by atoms with van der Waals surface area (Å²) in [6.07, 6.45) is -5.24. The lowest BCUT2D eigenvalue weighted by molar-refractivity contribution is -0.253. The Kier molecular flexibility index (Phi) is 8.29. The summed E-state index contributed by atoms with van der Waals surface area (Å²) in [7, 11) is -1.34. The summed E-state index contributed by atoms with van der Waals surface area (Å²) >= 11 is 0. The fourth-order valence-electron chi connectivity index (χ4n) is 2.11. The van der Waals surface area contributed by atoms with E-state index in [0.29, 0.717) is 5.46 Å². The van der Waals surface area contributed by atoms with E-state index >= 15 is 0 Å². The van der Waals surface area contributed by atoms with Crippen LogP contribution in [0.2, 0.25) is 0 Å². The Morgan fingerprint density at radius 1 is 1.17 bits per heavy atom. The van der Waals surface area contributed by atoms with Crippen molar-refractivity contribution in [2.45, 2.75) is 37.6 Å². The van der Waals surface area contributed by atoms with Gasteiger partial charge in [-0.05, 0) is 5.46 Å². The highest BCUT2D eigenvalue weighted by molar-refractivity contribution is 6.58. The third-order valence-corrected chi connectivity index (χ3v) is 3.37. The van der Waals surface area contributed by atoms with Gasteiger partial charge < -0.3 is 40.5 Å². The predicted molar refractivity (Wildman–Crippen MR) is 83.9 cm³/mol. The van der Waals surface area contributed by atoms with Crippen molar-refractivity contribution in [2.75, 3.05) is 6.61 Å². The van der Waals surface area contributed by atoms with Gasteiger partial charge in [0.25, 0.3) is 0 Å². The van der Waals surface area contributed by atoms with Crippen LogP contribution in [0.3, 0.4) is 0 Å². The molecule has 10 heteroatoms. The zero-order chi connectivity index (χ0) is 18.3. The second-order valence-electron chi connectivity index (χ2n) is 5.24. The van der Waals surface area contributed by atoms with E-state index in [2.05, 4.69) is 5.32 Å². The van der Waals surface area contributed by atoms with Gasteiger partial charge in [0.2, 0.25) is 5.91 Å². The summed E-state index contributed by atoms with van der Waals surface area (Å²) in [4.78, 5) is 10.7. The van der Waals surface area contributed by atoms with Crippen molar-refractivity contribution in [3.8, 4) is 0 Å². The minimum Gasteiger partial charge on any atom is -0.423 e. The smallest absolute Gasteiger partial charge is 0.423 e. The third-order valence-electron chi connectivity index (χ3n) is 3.37. The number of amides is 1. The fraction of sp³-hybridized carbons (Fsp3) is 0.500. The molecule has 1 aliphatic heterocycles. The Labute approximate surface area is 139 Å². The Hall–Kier alpha value is -1.53. The minimum absolute atomic E-state index is 0.462. The normalized spacial score (nSPS) is 29.2. The first-order chi connectivity index (χ1) is 11.3. The lowest BCUT2D eigenvalue weighted by atomic mass is 9.81. The summed E-state index contributed by atoms with van der Waals surface area (Å²) in [6, 6.07) is 7.56. The molecule has 134 valence electrons. The van der Waals surface area contributed by atoms with Gasteiger partial charge in [0.15, 0.2) is 6.29 Å². The Morgan fingerprint density at radius 2 is 1.75 bits per heavy atom. The topological polar surface area (TPSA) is 160 Å². The lowest BCUT2D eigenvalue weighted by Gasteiger charge is -2.40. The number of aliphatic hydroxyl groups excluding tert-OH is 4. The van der Waals surface area contributed by atoms with Gasteiger partial charge in [-0.15, -0.1) is 0 Å². The maximum absolute atomic E-state index is 10.7. The number of benzene rings is 1. The molecule has 1 fully saturated rings. The summed E-state index contributed by atoms with van der Waals surface area (Å²) in [5, 5.41) is 56.6. The summed E-state index contributed by atoms with van der Waals surface area (Å²) in [5.41, 5.74) is 0.525. The molecule has 0 aromatic heterocycles. The molecule has 0 bridgehead atoms. The van der Waals surface area contributed by atoms with E-state index in [1.54, 1.807) is 24.3 Å². The zero-order valence-electron chi connectivity index (χ0n) is 13.1. The largest absolute Gasteiger partial charge is 0.488 e.